The average molecular weight is 268 g/mol. The van der Waals surface area contributed by atoms with Gasteiger partial charge in [0.15, 0.2) is 5.82 Å². The molecule has 1 aliphatic rings. The van der Waals surface area contributed by atoms with E-state index in [2.05, 4.69) is 21.9 Å². The first kappa shape index (κ1) is 12.9. The smallest absolute Gasteiger partial charge is 0.229 e. The zero-order valence-electron chi connectivity index (χ0n) is 11.3. The van der Waals surface area contributed by atoms with Crippen molar-refractivity contribution in [2.24, 2.45) is 0 Å². The topological polar surface area (TPSA) is 57.8 Å². The second kappa shape index (κ2) is 5.90. The normalized spacial score (nSPS) is 15.4. The van der Waals surface area contributed by atoms with Gasteiger partial charge in [-0.1, -0.05) is 30.3 Å². The van der Waals surface area contributed by atoms with Gasteiger partial charge in [-0.15, -0.1) is 0 Å². The number of nitrogens with one attached hydrogen (secondary N) is 2. The Morgan fingerprint density at radius 2 is 2.20 bits per heavy atom. The molecular formula is C16H18N3O. The van der Waals surface area contributed by atoms with E-state index in [1.807, 2.05) is 36.4 Å². The number of aromatic nitrogens is 2. The second-order valence-corrected chi connectivity index (χ2v) is 5.22. The van der Waals surface area contributed by atoms with Crippen LogP contribution >= 0.6 is 0 Å². The lowest BCUT2D eigenvalue weighted by atomic mass is 10.0. The number of hydrogen-bond acceptors (Lipinski definition) is 2. The summed E-state index contributed by atoms with van der Waals surface area (Å²) in [4.78, 5) is 11.9. The highest BCUT2D eigenvalue weighted by Crippen LogP contribution is 2.32. The van der Waals surface area contributed by atoms with E-state index in [0.717, 1.165) is 17.7 Å². The van der Waals surface area contributed by atoms with Crippen LogP contribution in [0.4, 0.5) is 5.82 Å². The fourth-order valence-corrected chi connectivity index (χ4v) is 2.62. The fourth-order valence-electron chi connectivity index (χ4n) is 2.62. The van der Waals surface area contributed by atoms with Crippen LogP contribution < -0.4 is 5.32 Å². The Labute approximate surface area is 118 Å². The van der Waals surface area contributed by atoms with Crippen LogP contribution in [0.1, 0.15) is 36.4 Å². The van der Waals surface area contributed by atoms with Gasteiger partial charge in [-0.25, -0.2) is 0 Å². The molecule has 1 amide bonds. The number of anilines is 1. The Hall–Kier alpha value is -2.10. The van der Waals surface area contributed by atoms with Gasteiger partial charge in [0, 0.05) is 17.7 Å². The van der Waals surface area contributed by atoms with Crippen LogP contribution in [0.3, 0.4) is 0 Å². The van der Waals surface area contributed by atoms with Gasteiger partial charge in [0.05, 0.1) is 6.42 Å². The summed E-state index contributed by atoms with van der Waals surface area (Å²) < 4.78 is 0. The van der Waals surface area contributed by atoms with Crippen LogP contribution in [-0.2, 0) is 11.2 Å². The Bertz CT molecular complexity index is 570. The maximum Gasteiger partial charge on any atom is 0.229 e. The Morgan fingerprint density at radius 1 is 1.35 bits per heavy atom. The molecule has 0 aliphatic heterocycles. The number of hydrogen-bond donors (Lipinski definition) is 2. The molecule has 2 aromatic rings. The molecule has 4 heteroatoms. The van der Waals surface area contributed by atoms with Crippen molar-refractivity contribution in [2.75, 3.05) is 5.32 Å². The molecule has 4 nitrogen and oxygen atoms in total. The summed E-state index contributed by atoms with van der Waals surface area (Å²) in [7, 11) is 0. The Morgan fingerprint density at radius 3 is 2.95 bits per heavy atom. The molecule has 1 fully saturated rings. The molecule has 1 aliphatic carbocycles. The third-order valence-corrected chi connectivity index (χ3v) is 3.68. The summed E-state index contributed by atoms with van der Waals surface area (Å²) in [6, 6.07) is 11.7. The van der Waals surface area contributed by atoms with Crippen molar-refractivity contribution in [3.05, 3.63) is 54.1 Å². The minimum Gasteiger partial charge on any atom is -0.309 e. The van der Waals surface area contributed by atoms with Crippen LogP contribution in [-0.4, -0.2) is 16.1 Å². The van der Waals surface area contributed by atoms with Gasteiger partial charge in [0.2, 0.25) is 5.91 Å². The molecule has 0 saturated heterocycles. The van der Waals surface area contributed by atoms with E-state index >= 15 is 0 Å². The summed E-state index contributed by atoms with van der Waals surface area (Å²) in [6.07, 6.45) is 6.11. The maximum absolute atomic E-state index is 11.9. The first-order valence-electron chi connectivity index (χ1n) is 7.02. The molecule has 1 heterocycles. The number of amides is 1. The molecule has 2 N–H and O–H groups in total. The molecule has 0 bridgehead atoms. The molecule has 1 aromatic heterocycles. The van der Waals surface area contributed by atoms with Crippen LogP contribution in [0.5, 0.6) is 0 Å². The Kier molecular flexibility index (Phi) is 3.81. The molecule has 3 rings (SSSR count). The van der Waals surface area contributed by atoms with Crippen LogP contribution in [0.2, 0.25) is 0 Å². The summed E-state index contributed by atoms with van der Waals surface area (Å²) in [5, 5.41) is 10.0. The van der Waals surface area contributed by atoms with Crippen LogP contribution in [0, 0.1) is 6.42 Å². The SMILES string of the molecule is O=C(Cc1ccccc1)Nc1cc([C@H]2C[CH]CC2)[nH]n1. The van der Waals surface area contributed by atoms with Crippen molar-refractivity contribution >= 4 is 11.7 Å². The van der Waals surface area contributed by atoms with Crippen LogP contribution in [0.15, 0.2) is 36.4 Å². The van der Waals surface area contributed by atoms with Gasteiger partial charge in [0.1, 0.15) is 0 Å². The highest BCUT2D eigenvalue weighted by atomic mass is 16.1. The van der Waals surface area contributed by atoms with Gasteiger partial charge in [-0.3, -0.25) is 9.89 Å². The zero-order chi connectivity index (χ0) is 13.8. The summed E-state index contributed by atoms with van der Waals surface area (Å²) in [5.41, 5.74) is 2.12. The summed E-state index contributed by atoms with van der Waals surface area (Å²) >= 11 is 0. The largest absolute Gasteiger partial charge is 0.309 e. The molecule has 103 valence electrons. The van der Waals surface area contributed by atoms with Crippen LogP contribution in [0.25, 0.3) is 0 Å². The lowest BCUT2D eigenvalue weighted by Crippen LogP contribution is -2.14. The molecule has 1 radical (unpaired) electrons. The quantitative estimate of drug-likeness (QED) is 0.895. The van der Waals surface area contributed by atoms with Crippen molar-refractivity contribution in [3.8, 4) is 0 Å². The van der Waals surface area contributed by atoms with Crippen molar-refractivity contribution in [1.29, 1.82) is 0 Å². The minimum absolute atomic E-state index is 0.0350. The third-order valence-electron chi connectivity index (χ3n) is 3.68. The highest BCUT2D eigenvalue weighted by Gasteiger charge is 2.19. The minimum atomic E-state index is -0.0350. The van der Waals surface area contributed by atoms with E-state index in [9.17, 15) is 4.79 Å². The van der Waals surface area contributed by atoms with Gasteiger partial charge >= 0.3 is 0 Å². The van der Waals surface area contributed by atoms with Gasteiger partial charge in [0.25, 0.3) is 0 Å². The number of H-pyrrole nitrogens is 1. The summed E-state index contributed by atoms with van der Waals surface area (Å²) in [6.45, 7) is 0. The number of carbonyl (C=O) groups is 1. The molecule has 20 heavy (non-hydrogen) atoms. The van der Waals surface area contributed by atoms with E-state index in [1.54, 1.807) is 0 Å². The fraction of sp³-hybridized carbons (Fsp3) is 0.312. The number of rotatable bonds is 4. The van der Waals surface area contributed by atoms with Gasteiger partial charge in [-0.2, -0.15) is 5.10 Å². The molecule has 0 spiro atoms. The van der Waals surface area contributed by atoms with Crippen molar-refractivity contribution in [3.63, 3.8) is 0 Å². The number of aromatic amines is 1. The monoisotopic (exact) mass is 268 g/mol. The Balaban J connectivity index is 1.59. The molecule has 1 atom stereocenters. The van der Waals surface area contributed by atoms with Gasteiger partial charge in [-0.05, 0) is 31.2 Å². The molecular weight excluding hydrogens is 250 g/mol. The zero-order valence-corrected chi connectivity index (χ0v) is 11.3. The number of benzene rings is 1. The number of carbonyl (C=O) groups excluding carboxylic acids is 1. The van der Waals surface area contributed by atoms with E-state index in [4.69, 9.17) is 0 Å². The van der Waals surface area contributed by atoms with E-state index < -0.39 is 0 Å². The molecule has 0 unspecified atom stereocenters. The summed E-state index contributed by atoms with van der Waals surface area (Å²) in [5.74, 6) is 1.11. The number of nitrogens with zero attached hydrogens (tertiary/aromatic N) is 1. The predicted octanol–water partition coefficient (Wildman–Crippen LogP) is 3.06. The standard InChI is InChI=1S/C16H18N3O/c20-16(10-12-6-2-1-3-7-12)17-15-11-14(18-19-15)13-8-4-5-9-13/h1-4,6-7,11,13H,5,8-10H2,(H2,17,18,19,20)/t13-/m0/s1. The van der Waals surface area contributed by atoms with Gasteiger partial charge < -0.3 is 5.32 Å². The van der Waals surface area contributed by atoms with E-state index in [1.165, 1.54) is 12.8 Å². The average Bonchev–Trinajstić information content (AvgIpc) is 3.10. The first-order chi connectivity index (χ1) is 9.81. The first-order valence-corrected chi connectivity index (χ1v) is 7.02. The lowest BCUT2D eigenvalue weighted by Gasteiger charge is -2.03. The van der Waals surface area contributed by atoms with Crippen molar-refractivity contribution in [2.45, 2.75) is 31.6 Å². The second-order valence-electron chi connectivity index (χ2n) is 5.22. The maximum atomic E-state index is 11.9. The predicted molar refractivity (Wildman–Crippen MR) is 78.3 cm³/mol. The lowest BCUT2D eigenvalue weighted by molar-refractivity contribution is -0.115. The highest BCUT2D eigenvalue weighted by molar-refractivity contribution is 5.91. The van der Waals surface area contributed by atoms with E-state index in [-0.39, 0.29) is 5.91 Å². The molecule has 1 saturated carbocycles. The van der Waals surface area contributed by atoms with E-state index in [0.29, 0.717) is 18.2 Å². The van der Waals surface area contributed by atoms with Crippen molar-refractivity contribution < 1.29 is 4.79 Å². The third kappa shape index (κ3) is 3.07. The van der Waals surface area contributed by atoms with Crippen molar-refractivity contribution in [1.82, 2.24) is 10.2 Å². The molecule has 1 aromatic carbocycles.